The minimum absolute atomic E-state index is 0.215. The zero-order chi connectivity index (χ0) is 23.5. The summed E-state index contributed by atoms with van der Waals surface area (Å²) in [4.78, 5) is 34.8. The van der Waals surface area contributed by atoms with Gasteiger partial charge in [-0.3, -0.25) is 19.5 Å². The molecule has 174 valence electrons. The van der Waals surface area contributed by atoms with E-state index in [1.165, 1.54) is 4.90 Å². The third kappa shape index (κ3) is 5.10. The molecule has 3 heterocycles. The Balaban J connectivity index is 1.69. The lowest BCUT2D eigenvalue weighted by atomic mass is 9.91. The maximum atomic E-state index is 13.6. The number of likely N-dealkylation sites (tertiary alicyclic amines) is 1. The van der Waals surface area contributed by atoms with Crippen LogP contribution in [0.3, 0.4) is 0 Å². The topological polar surface area (TPSA) is 62.7 Å². The van der Waals surface area contributed by atoms with Gasteiger partial charge >= 0.3 is 0 Å². The van der Waals surface area contributed by atoms with E-state index in [0.29, 0.717) is 35.6 Å². The molecule has 0 radical (unpaired) electrons. The molecular weight excluding hydrogens is 414 g/mol. The molecule has 33 heavy (non-hydrogen) atoms. The van der Waals surface area contributed by atoms with E-state index in [-0.39, 0.29) is 18.4 Å². The van der Waals surface area contributed by atoms with Gasteiger partial charge in [-0.1, -0.05) is 45.9 Å². The van der Waals surface area contributed by atoms with Crippen molar-refractivity contribution in [2.45, 2.75) is 40.7 Å². The number of carbonyl (C=O) groups excluding carboxylic acids is 2. The van der Waals surface area contributed by atoms with Gasteiger partial charge in [0.15, 0.2) is 0 Å². The Morgan fingerprint density at radius 1 is 1.03 bits per heavy atom. The number of imide groups is 1. The van der Waals surface area contributed by atoms with Crippen molar-refractivity contribution in [2.75, 3.05) is 19.7 Å². The van der Waals surface area contributed by atoms with E-state index in [9.17, 15) is 9.59 Å². The summed E-state index contributed by atoms with van der Waals surface area (Å²) < 4.78 is 5.81. The first-order valence-electron chi connectivity index (χ1n) is 11.8. The number of ether oxygens (including phenoxy) is 1. The van der Waals surface area contributed by atoms with Crippen LogP contribution in [0.25, 0.3) is 5.57 Å². The first-order chi connectivity index (χ1) is 15.8. The minimum Gasteiger partial charge on any atom is -0.493 e. The summed E-state index contributed by atoms with van der Waals surface area (Å²) in [6, 6.07) is 11.2. The molecular formula is C27H33N3O3. The highest BCUT2D eigenvalue weighted by molar-refractivity contribution is 6.35. The quantitative estimate of drug-likeness (QED) is 0.590. The van der Waals surface area contributed by atoms with Gasteiger partial charge in [-0.15, -0.1) is 0 Å². The molecule has 0 aliphatic carbocycles. The normalized spacial score (nSPS) is 21.4. The van der Waals surface area contributed by atoms with Crippen LogP contribution in [-0.2, 0) is 16.1 Å². The molecule has 1 aromatic carbocycles. The van der Waals surface area contributed by atoms with Crippen LogP contribution in [0.4, 0.5) is 0 Å². The van der Waals surface area contributed by atoms with Crippen LogP contribution in [-0.4, -0.2) is 46.3 Å². The largest absolute Gasteiger partial charge is 0.493 e. The Morgan fingerprint density at radius 3 is 2.33 bits per heavy atom. The smallest absolute Gasteiger partial charge is 0.278 e. The fourth-order valence-corrected chi connectivity index (χ4v) is 4.76. The van der Waals surface area contributed by atoms with Crippen LogP contribution in [0.2, 0.25) is 0 Å². The van der Waals surface area contributed by atoms with E-state index in [4.69, 9.17) is 4.74 Å². The van der Waals surface area contributed by atoms with Gasteiger partial charge in [0, 0.05) is 25.5 Å². The fraction of sp³-hybridized carbons (Fsp3) is 0.444. The molecule has 2 aromatic rings. The molecule has 2 aliphatic rings. The summed E-state index contributed by atoms with van der Waals surface area (Å²) in [5.74, 6) is 1.64. The number of aromatic nitrogens is 1. The summed E-state index contributed by atoms with van der Waals surface area (Å²) in [5.41, 5.74) is 2.59. The molecule has 0 N–H and O–H groups in total. The first kappa shape index (κ1) is 23.0. The maximum Gasteiger partial charge on any atom is 0.278 e. The van der Waals surface area contributed by atoms with Crippen LogP contribution >= 0.6 is 0 Å². The van der Waals surface area contributed by atoms with Crippen LogP contribution in [0, 0.1) is 17.8 Å². The number of amides is 2. The van der Waals surface area contributed by atoms with Crippen molar-refractivity contribution in [2.24, 2.45) is 17.8 Å². The average Bonchev–Trinajstić information content (AvgIpc) is 3.03. The fourth-order valence-electron chi connectivity index (χ4n) is 4.76. The predicted molar refractivity (Wildman–Crippen MR) is 128 cm³/mol. The van der Waals surface area contributed by atoms with E-state index in [0.717, 1.165) is 36.4 Å². The molecule has 0 saturated carbocycles. The molecule has 0 spiro atoms. The van der Waals surface area contributed by atoms with Gasteiger partial charge in [0.05, 0.1) is 18.7 Å². The minimum atomic E-state index is -0.249. The van der Waals surface area contributed by atoms with Crippen LogP contribution in [0.1, 0.15) is 45.2 Å². The van der Waals surface area contributed by atoms with Gasteiger partial charge in [0.2, 0.25) is 0 Å². The van der Waals surface area contributed by atoms with E-state index in [1.807, 2.05) is 36.4 Å². The molecule has 1 aromatic heterocycles. The number of piperidine rings is 1. The lowest BCUT2D eigenvalue weighted by Gasteiger charge is -2.37. The van der Waals surface area contributed by atoms with Gasteiger partial charge in [-0.2, -0.15) is 0 Å². The second-order valence-corrected chi connectivity index (χ2v) is 9.86. The van der Waals surface area contributed by atoms with Gasteiger partial charge < -0.3 is 9.64 Å². The summed E-state index contributed by atoms with van der Waals surface area (Å²) in [6.07, 6.45) is 4.51. The summed E-state index contributed by atoms with van der Waals surface area (Å²) in [5, 5.41) is 0. The second kappa shape index (κ2) is 9.77. The highest BCUT2D eigenvalue weighted by Crippen LogP contribution is 2.36. The first-order valence-corrected chi connectivity index (χ1v) is 11.8. The zero-order valence-corrected chi connectivity index (χ0v) is 20.0. The van der Waals surface area contributed by atoms with Crippen molar-refractivity contribution in [3.63, 3.8) is 0 Å². The third-order valence-corrected chi connectivity index (χ3v) is 6.12. The molecule has 0 bridgehead atoms. The van der Waals surface area contributed by atoms with E-state index in [1.54, 1.807) is 12.4 Å². The third-order valence-electron chi connectivity index (χ3n) is 6.12. The molecule has 2 aliphatic heterocycles. The van der Waals surface area contributed by atoms with Crippen LogP contribution in [0.15, 0.2) is 54.5 Å². The lowest BCUT2D eigenvalue weighted by molar-refractivity contribution is -0.138. The van der Waals surface area contributed by atoms with E-state index < -0.39 is 0 Å². The van der Waals surface area contributed by atoms with E-state index in [2.05, 4.69) is 37.6 Å². The highest BCUT2D eigenvalue weighted by Gasteiger charge is 2.42. The van der Waals surface area contributed by atoms with Gasteiger partial charge in [0.25, 0.3) is 11.8 Å². The Morgan fingerprint density at radius 2 is 1.73 bits per heavy atom. The maximum absolute atomic E-state index is 13.6. The molecule has 2 atom stereocenters. The Bertz CT molecular complexity index is 1020. The number of hydrogen-bond acceptors (Lipinski definition) is 5. The van der Waals surface area contributed by atoms with Crippen molar-refractivity contribution in [3.8, 4) is 5.75 Å². The molecule has 4 rings (SSSR count). The van der Waals surface area contributed by atoms with Crippen molar-refractivity contribution in [1.82, 2.24) is 14.8 Å². The van der Waals surface area contributed by atoms with Gasteiger partial charge in [-0.05, 0) is 53.5 Å². The monoisotopic (exact) mass is 447 g/mol. The average molecular weight is 448 g/mol. The number of hydrogen-bond donors (Lipinski definition) is 0. The van der Waals surface area contributed by atoms with Gasteiger partial charge in [-0.25, -0.2) is 0 Å². The standard InChI is InChI=1S/C27H33N3O3/c1-18(2)17-33-23-9-7-22(8-10-23)24-25(29-14-19(3)12-20(4)15-29)27(32)30(26(24)31)16-21-6-5-11-28-13-21/h5-11,13,18-20H,12,14-17H2,1-4H3. The van der Waals surface area contributed by atoms with Gasteiger partial charge in [0.1, 0.15) is 11.4 Å². The SMILES string of the molecule is CC(C)COc1ccc(C2=C(N3CC(C)CC(C)C3)C(=O)N(Cc3cccnc3)C2=O)cc1. The number of rotatable bonds is 7. The molecule has 2 amide bonds. The lowest BCUT2D eigenvalue weighted by Crippen LogP contribution is -2.41. The van der Waals surface area contributed by atoms with Crippen LogP contribution in [0.5, 0.6) is 5.75 Å². The zero-order valence-electron chi connectivity index (χ0n) is 20.0. The second-order valence-electron chi connectivity index (χ2n) is 9.86. The van der Waals surface area contributed by atoms with Crippen LogP contribution < -0.4 is 4.74 Å². The molecule has 1 fully saturated rings. The number of carbonyl (C=O) groups is 2. The summed E-state index contributed by atoms with van der Waals surface area (Å²) >= 11 is 0. The van der Waals surface area contributed by atoms with Crippen molar-refractivity contribution < 1.29 is 14.3 Å². The van der Waals surface area contributed by atoms with Crippen molar-refractivity contribution >= 4 is 17.4 Å². The number of nitrogens with zero attached hydrogens (tertiary/aromatic N) is 3. The molecule has 2 unspecified atom stereocenters. The van der Waals surface area contributed by atoms with Crippen molar-refractivity contribution in [3.05, 3.63) is 65.6 Å². The molecule has 1 saturated heterocycles. The number of benzene rings is 1. The Hall–Kier alpha value is -3.15. The Kier molecular flexibility index (Phi) is 6.82. The summed E-state index contributed by atoms with van der Waals surface area (Å²) in [6.45, 7) is 11.0. The molecule has 6 heteroatoms. The predicted octanol–water partition coefficient (Wildman–Crippen LogP) is 4.37. The summed E-state index contributed by atoms with van der Waals surface area (Å²) in [7, 11) is 0. The van der Waals surface area contributed by atoms with E-state index >= 15 is 0 Å². The highest BCUT2D eigenvalue weighted by atomic mass is 16.5. The van der Waals surface area contributed by atoms with Crippen molar-refractivity contribution in [1.29, 1.82) is 0 Å². The molecule has 6 nitrogen and oxygen atoms in total. The number of pyridine rings is 1. The Labute approximate surface area is 196 Å².